The topological polar surface area (TPSA) is 81.2 Å². The minimum absolute atomic E-state index is 0.249. The number of nitrogens with one attached hydrogen (secondary N) is 1. The van der Waals surface area contributed by atoms with Crippen molar-refractivity contribution in [1.29, 1.82) is 0 Å². The molecule has 1 aromatic carbocycles. The van der Waals surface area contributed by atoms with Crippen LogP contribution in [0.4, 0.5) is 15.8 Å². The average molecular weight is 239 g/mol. The first-order valence-corrected chi connectivity index (χ1v) is 5.46. The molecule has 0 bridgehead atoms. The van der Waals surface area contributed by atoms with Gasteiger partial charge >= 0.3 is 0 Å². The molecular weight excluding hydrogens is 225 g/mol. The smallest absolute Gasteiger partial charge is 0.274 e. The molecule has 1 fully saturated rings. The first-order chi connectivity index (χ1) is 7.98. The van der Waals surface area contributed by atoms with Crippen molar-refractivity contribution in [2.45, 2.75) is 24.8 Å². The van der Waals surface area contributed by atoms with E-state index in [2.05, 4.69) is 5.32 Å². The lowest BCUT2D eigenvalue weighted by Crippen LogP contribution is -2.51. The second-order valence-corrected chi connectivity index (χ2v) is 4.52. The maximum atomic E-state index is 13.1. The minimum Gasteiger partial charge on any atom is -0.383 e. The quantitative estimate of drug-likeness (QED) is 0.622. The molecule has 6 heteroatoms. The standard InChI is InChI=1S/C11H14FN3O2/c12-8-4-9(6-10(5-8)15(16)17)14-7-11(13)2-1-3-11/h4-6,14H,1-3,7,13H2. The zero-order chi connectivity index (χ0) is 12.5. The van der Waals surface area contributed by atoms with Crippen molar-refractivity contribution in [3.8, 4) is 0 Å². The SMILES string of the molecule is NC1(CNc2cc(F)cc([N+](=O)[O-])c2)CCC1. The number of nitrogens with zero attached hydrogens (tertiary/aromatic N) is 1. The van der Waals surface area contributed by atoms with Crippen molar-refractivity contribution in [3.05, 3.63) is 34.1 Å². The van der Waals surface area contributed by atoms with Gasteiger partial charge in [0.15, 0.2) is 0 Å². The molecule has 3 N–H and O–H groups in total. The summed E-state index contributed by atoms with van der Waals surface area (Å²) in [5, 5.41) is 13.5. The van der Waals surface area contributed by atoms with Gasteiger partial charge < -0.3 is 11.1 Å². The number of non-ortho nitro benzene ring substituents is 1. The van der Waals surface area contributed by atoms with Gasteiger partial charge in [0.25, 0.3) is 5.69 Å². The Morgan fingerprint density at radius 3 is 2.71 bits per heavy atom. The second-order valence-electron chi connectivity index (χ2n) is 4.52. The van der Waals surface area contributed by atoms with Gasteiger partial charge in [0.1, 0.15) is 5.82 Å². The van der Waals surface area contributed by atoms with E-state index >= 15 is 0 Å². The Labute approximate surface area is 98.0 Å². The molecular formula is C11H14FN3O2. The lowest BCUT2D eigenvalue weighted by atomic mass is 9.78. The van der Waals surface area contributed by atoms with Gasteiger partial charge in [0.2, 0.25) is 0 Å². The summed E-state index contributed by atoms with van der Waals surface area (Å²) in [6.45, 7) is 0.508. The highest BCUT2D eigenvalue weighted by molar-refractivity contribution is 5.51. The van der Waals surface area contributed by atoms with Crippen LogP contribution < -0.4 is 11.1 Å². The lowest BCUT2D eigenvalue weighted by Gasteiger charge is -2.38. The van der Waals surface area contributed by atoms with E-state index in [9.17, 15) is 14.5 Å². The Hall–Kier alpha value is -1.69. The van der Waals surface area contributed by atoms with Gasteiger partial charge in [-0.3, -0.25) is 10.1 Å². The Balaban J connectivity index is 2.07. The number of hydrogen-bond donors (Lipinski definition) is 2. The molecule has 0 unspecified atom stereocenters. The summed E-state index contributed by atoms with van der Waals surface area (Å²) in [6, 6.07) is 3.44. The molecule has 0 atom stereocenters. The molecule has 0 spiro atoms. The van der Waals surface area contributed by atoms with Crippen LogP contribution in [-0.2, 0) is 0 Å². The van der Waals surface area contributed by atoms with Gasteiger partial charge in [0, 0.05) is 23.8 Å². The summed E-state index contributed by atoms with van der Waals surface area (Å²) < 4.78 is 13.1. The molecule has 92 valence electrons. The van der Waals surface area contributed by atoms with E-state index in [4.69, 9.17) is 5.73 Å². The first kappa shape index (κ1) is 11.8. The fourth-order valence-corrected chi connectivity index (χ4v) is 1.87. The molecule has 2 rings (SSSR count). The number of nitro groups is 1. The van der Waals surface area contributed by atoms with Crippen molar-refractivity contribution in [2.75, 3.05) is 11.9 Å². The monoisotopic (exact) mass is 239 g/mol. The van der Waals surface area contributed by atoms with Gasteiger partial charge in [-0.05, 0) is 25.3 Å². The van der Waals surface area contributed by atoms with Crippen LogP contribution in [0.15, 0.2) is 18.2 Å². The van der Waals surface area contributed by atoms with E-state index in [1.807, 2.05) is 0 Å². The normalized spacial score (nSPS) is 17.3. The molecule has 0 saturated heterocycles. The van der Waals surface area contributed by atoms with E-state index in [1.165, 1.54) is 12.1 Å². The highest BCUT2D eigenvalue weighted by Crippen LogP contribution is 2.29. The number of nitrogens with two attached hydrogens (primary N) is 1. The van der Waals surface area contributed by atoms with Crippen LogP contribution in [0.25, 0.3) is 0 Å². The number of halogens is 1. The maximum absolute atomic E-state index is 13.1. The third kappa shape index (κ3) is 2.71. The number of nitro benzene ring substituents is 1. The number of benzene rings is 1. The van der Waals surface area contributed by atoms with Crippen LogP contribution in [0.1, 0.15) is 19.3 Å². The van der Waals surface area contributed by atoms with E-state index in [0.717, 1.165) is 25.3 Å². The molecule has 1 saturated carbocycles. The van der Waals surface area contributed by atoms with Crippen molar-refractivity contribution >= 4 is 11.4 Å². The van der Waals surface area contributed by atoms with Gasteiger partial charge in [0.05, 0.1) is 11.0 Å². The first-order valence-electron chi connectivity index (χ1n) is 5.46. The summed E-state index contributed by atoms with van der Waals surface area (Å²) in [5.41, 5.74) is 5.89. The molecule has 1 aliphatic carbocycles. The molecule has 0 heterocycles. The minimum atomic E-state index is -0.624. The van der Waals surface area contributed by atoms with Crippen molar-refractivity contribution < 1.29 is 9.31 Å². The molecule has 5 nitrogen and oxygen atoms in total. The predicted octanol–water partition coefficient (Wildman–Crippen LogP) is 2.03. The van der Waals surface area contributed by atoms with Crippen molar-refractivity contribution in [1.82, 2.24) is 0 Å². The van der Waals surface area contributed by atoms with E-state index in [1.54, 1.807) is 0 Å². The zero-order valence-electron chi connectivity index (χ0n) is 9.28. The van der Waals surface area contributed by atoms with Crippen LogP contribution in [0.5, 0.6) is 0 Å². The zero-order valence-corrected chi connectivity index (χ0v) is 9.28. The van der Waals surface area contributed by atoms with Crippen molar-refractivity contribution in [3.63, 3.8) is 0 Å². The van der Waals surface area contributed by atoms with Crippen molar-refractivity contribution in [2.24, 2.45) is 5.73 Å². The molecule has 1 aromatic rings. The molecule has 0 aliphatic heterocycles. The van der Waals surface area contributed by atoms with E-state index in [0.29, 0.717) is 12.2 Å². The third-order valence-corrected chi connectivity index (χ3v) is 3.09. The molecule has 17 heavy (non-hydrogen) atoms. The summed E-state index contributed by atoms with van der Waals surface area (Å²) in [7, 11) is 0. The Morgan fingerprint density at radius 2 is 2.18 bits per heavy atom. The van der Waals surface area contributed by atoms with Crippen LogP contribution in [-0.4, -0.2) is 17.0 Å². The highest BCUT2D eigenvalue weighted by atomic mass is 19.1. The maximum Gasteiger partial charge on any atom is 0.274 e. The molecule has 1 aliphatic rings. The van der Waals surface area contributed by atoms with E-state index in [-0.39, 0.29) is 11.2 Å². The fourth-order valence-electron chi connectivity index (χ4n) is 1.87. The Morgan fingerprint density at radius 1 is 1.47 bits per heavy atom. The lowest BCUT2D eigenvalue weighted by molar-refractivity contribution is -0.385. The average Bonchev–Trinajstić information content (AvgIpc) is 2.23. The fraction of sp³-hybridized carbons (Fsp3) is 0.455. The predicted molar refractivity (Wildman–Crippen MR) is 62.3 cm³/mol. The van der Waals surface area contributed by atoms with Crippen LogP contribution >= 0.6 is 0 Å². The van der Waals surface area contributed by atoms with Gasteiger partial charge in [-0.2, -0.15) is 0 Å². The van der Waals surface area contributed by atoms with Gasteiger partial charge in [-0.15, -0.1) is 0 Å². The second kappa shape index (κ2) is 4.29. The third-order valence-electron chi connectivity index (χ3n) is 3.09. The van der Waals surface area contributed by atoms with E-state index < -0.39 is 10.7 Å². The van der Waals surface area contributed by atoms with Gasteiger partial charge in [-0.1, -0.05) is 0 Å². The Kier molecular flexibility index (Phi) is 2.97. The summed E-state index contributed by atoms with van der Waals surface area (Å²) >= 11 is 0. The number of rotatable bonds is 4. The van der Waals surface area contributed by atoms with Crippen LogP contribution in [0.3, 0.4) is 0 Å². The Bertz CT molecular complexity index is 446. The highest BCUT2D eigenvalue weighted by Gasteiger charge is 2.32. The summed E-state index contributed by atoms with van der Waals surface area (Å²) in [5.74, 6) is -0.624. The summed E-state index contributed by atoms with van der Waals surface area (Å²) in [6.07, 6.45) is 2.95. The molecule has 0 radical (unpaired) electrons. The molecule has 0 amide bonds. The summed E-state index contributed by atoms with van der Waals surface area (Å²) in [4.78, 5) is 9.95. The van der Waals surface area contributed by atoms with Crippen LogP contribution in [0, 0.1) is 15.9 Å². The number of anilines is 1. The van der Waals surface area contributed by atoms with Crippen LogP contribution in [0.2, 0.25) is 0 Å². The van der Waals surface area contributed by atoms with Gasteiger partial charge in [-0.25, -0.2) is 4.39 Å². The molecule has 0 aromatic heterocycles. The largest absolute Gasteiger partial charge is 0.383 e. The number of hydrogen-bond acceptors (Lipinski definition) is 4.